The minimum absolute atomic E-state index is 0.198. The second-order valence-electron chi connectivity index (χ2n) is 4.03. The van der Waals surface area contributed by atoms with Crippen molar-refractivity contribution < 1.29 is 15.0 Å². The molecule has 2 atom stereocenters. The van der Waals surface area contributed by atoms with E-state index >= 15 is 0 Å². The van der Waals surface area contributed by atoms with Crippen LogP contribution in [0.4, 0.5) is 4.79 Å². The molecule has 0 aromatic carbocycles. The van der Waals surface area contributed by atoms with Crippen molar-refractivity contribution in [1.29, 1.82) is 0 Å². The molecule has 2 saturated heterocycles. The van der Waals surface area contributed by atoms with Gasteiger partial charge in [0.2, 0.25) is 0 Å². The van der Waals surface area contributed by atoms with Crippen LogP contribution in [0.1, 0.15) is 12.8 Å². The van der Waals surface area contributed by atoms with Crippen LogP contribution in [-0.2, 0) is 0 Å². The van der Waals surface area contributed by atoms with Gasteiger partial charge in [0.25, 0.3) is 0 Å². The number of carboxylic acid groups (broad SMARTS) is 1. The molecule has 2 heterocycles. The summed E-state index contributed by atoms with van der Waals surface area (Å²) in [5.74, 6) is 0. The van der Waals surface area contributed by atoms with Crippen LogP contribution in [-0.4, -0.2) is 64.4 Å². The SMILES string of the molecule is O=C(O)N1CCN2[C@@H](CO)CC[C@H]2C1. The Hall–Kier alpha value is -0.810. The van der Waals surface area contributed by atoms with E-state index < -0.39 is 6.09 Å². The zero-order valence-corrected chi connectivity index (χ0v) is 8.09. The average Bonchev–Trinajstić information content (AvgIpc) is 2.59. The first-order valence-electron chi connectivity index (χ1n) is 5.07. The Labute approximate surface area is 82.9 Å². The van der Waals surface area contributed by atoms with Gasteiger partial charge in [-0.1, -0.05) is 0 Å². The van der Waals surface area contributed by atoms with Crippen LogP contribution in [0.5, 0.6) is 0 Å². The maximum Gasteiger partial charge on any atom is 0.407 e. The first-order valence-corrected chi connectivity index (χ1v) is 5.07. The van der Waals surface area contributed by atoms with Crippen molar-refractivity contribution in [2.24, 2.45) is 0 Å². The number of hydrogen-bond acceptors (Lipinski definition) is 3. The Morgan fingerprint density at radius 2 is 2.14 bits per heavy atom. The number of aliphatic hydroxyl groups excluding tert-OH is 1. The lowest BCUT2D eigenvalue weighted by Gasteiger charge is -2.38. The lowest BCUT2D eigenvalue weighted by molar-refractivity contribution is 0.0559. The number of amides is 1. The summed E-state index contributed by atoms with van der Waals surface area (Å²) in [6, 6.07) is 0.591. The predicted molar refractivity (Wildman–Crippen MR) is 50.2 cm³/mol. The van der Waals surface area contributed by atoms with Crippen LogP contribution in [0.15, 0.2) is 0 Å². The molecular weight excluding hydrogens is 184 g/mol. The molecule has 5 nitrogen and oxygen atoms in total. The Kier molecular flexibility index (Phi) is 2.60. The van der Waals surface area contributed by atoms with Crippen LogP contribution < -0.4 is 0 Å². The molecular formula is C9H16N2O3. The molecule has 0 unspecified atom stereocenters. The highest BCUT2D eigenvalue weighted by Crippen LogP contribution is 2.26. The van der Waals surface area contributed by atoms with E-state index in [9.17, 15) is 4.79 Å². The van der Waals surface area contributed by atoms with E-state index in [-0.39, 0.29) is 12.6 Å². The molecule has 0 saturated carbocycles. The molecule has 1 amide bonds. The van der Waals surface area contributed by atoms with Crippen molar-refractivity contribution in [3.8, 4) is 0 Å². The van der Waals surface area contributed by atoms with Gasteiger partial charge in [-0.25, -0.2) is 4.79 Å². The van der Waals surface area contributed by atoms with Gasteiger partial charge in [0.1, 0.15) is 0 Å². The van der Waals surface area contributed by atoms with Crippen molar-refractivity contribution in [2.45, 2.75) is 24.9 Å². The molecule has 2 fully saturated rings. The van der Waals surface area contributed by atoms with Crippen LogP contribution in [0, 0.1) is 0 Å². The Bertz CT molecular complexity index is 234. The third-order valence-electron chi connectivity index (χ3n) is 3.31. The number of nitrogens with zero attached hydrogens (tertiary/aromatic N) is 2. The van der Waals surface area contributed by atoms with Crippen LogP contribution in [0.25, 0.3) is 0 Å². The van der Waals surface area contributed by atoms with Crippen LogP contribution in [0.2, 0.25) is 0 Å². The van der Waals surface area contributed by atoms with Gasteiger partial charge in [0.05, 0.1) is 6.61 Å². The van der Waals surface area contributed by atoms with Crippen molar-refractivity contribution in [3.63, 3.8) is 0 Å². The molecule has 0 bridgehead atoms. The van der Waals surface area contributed by atoms with Gasteiger partial charge in [-0.05, 0) is 12.8 Å². The molecule has 0 spiro atoms. The predicted octanol–water partition coefficient (Wildman–Crippen LogP) is -0.195. The molecule has 14 heavy (non-hydrogen) atoms. The number of aliphatic hydroxyl groups is 1. The highest BCUT2D eigenvalue weighted by Gasteiger charge is 2.37. The Balaban J connectivity index is 1.97. The number of rotatable bonds is 1. The van der Waals surface area contributed by atoms with E-state index in [1.165, 1.54) is 4.90 Å². The van der Waals surface area contributed by atoms with Gasteiger partial charge in [0, 0.05) is 31.7 Å². The molecule has 80 valence electrons. The third-order valence-corrected chi connectivity index (χ3v) is 3.31. The smallest absolute Gasteiger partial charge is 0.407 e. The van der Waals surface area contributed by atoms with Crippen molar-refractivity contribution in [2.75, 3.05) is 26.2 Å². The monoisotopic (exact) mass is 200 g/mol. The van der Waals surface area contributed by atoms with E-state index in [0.29, 0.717) is 19.1 Å². The number of hydrogen-bond donors (Lipinski definition) is 2. The summed E-state index contributed by atoms with van der Waals surface area (Å²) in [6.07, 6.45) is 1.18. The molecule has 5 heteroatoms. The number of piperazine rings is 1. The fraction of sp³-hybridized carbons (Fsp3) is 0.889. The van der Waals surface area contributed by atoms with E-state index in [2.05, 4.69) is 4.90 Å². The molecule has 2 aliphatic rings. The summed E-state index contributed by atoms with van der Waals surface area (Å²) in [4.78, 5) is 14.5. The fourth-order valence-electron chi connectivity index (χ4n) is 2.53. The highest BCUT2D eigenvalue weighted by atomic mass is 16.4. The highest BCUT2D eigenvalue weighted by molar-refractivity contribution is 5.65. The summed E-state index contributed by atoms with van der Waals surface area (Å²) in [7, 11) is 0. The van der Waals surface area contributed by atoms with Crippen molar-refractivity contribution >= 4 is 6.09 Å². The number of carbonyl (C=O) groups is 1. The summed E-state index contributed by atoms with van der Waals surface area (Å²) < 4.78 is 0. The van der Waals surface area contributed by atoms with E-state index in [1.807, 2.05) is 0 Å². The Morgan fingerprint density at radius 3 is 2.79 bits per heavy atom. The van der Waals surface area contributed by atoms with Gasteiger partial charge in [-0.3, -0.25) is 4.90 Å². The lowest BCUT2D eigenvalue weighted by atomic mass is 10.2. The zero-order chi connectivity index (χ0) is 10.1. The molecule has 0 aromatic heterocycles. The zero-order valence-electron chi connectivity index (χ0n) is 8.09. The largest absolute Gasteiger partial charge is 0.465 e. The normalized spacial score (nSPS) is 33.1. The summed E-state index contributed by atoms with van der Waals surface area (Å²) >= 11 is 0. The number of fused-ring (bicyclic) bond motifs is 1. The maximum absolute atomic E-state index is 10.8. The first kappa shape index (κ1) is 9.73. The molecule has 0 radical (unpaired) electrons. The minimum atomic E-state index is -0.822. The summed E-state index contributed by atoms with van der Waals surface area (Å²) in [6.45, 7) is 2.14. The van der Waals surface area contributed by atoms with Crippen molar-refractivity contribution in [3.05, 3.63) is 0 Å². The van der Waals surface area contributed by atoms with Gasteiger partial charge in [-0.2, -0.15) is 0 Å². The molecule has 0 aliphatic carbocycles. The first-order chi connectivity index (χ1) is 6.72. The van der Waals surface area contributed by atoms with Gasteiger partial charge >= 0.3 is 6.09 Å². The van der Waals surface area contributed by atoms with E-state index in [4.69, 9.17) is 10.2 Å². The van der Waals surface area contributed by atoms with E-state index in [1.54, 1.807) is 0 Å². The topological polar surface area (TPSA) is 64.0 Å². The standard InChI is InChI=1S/C9H16N2O3/c12-6-8-2-1-7-5-10(9(13)14)3-4-11(7)8/h7-8,12H,1-6H2,(H,13,14)/t7-,8+/m0/s1. The average molecular weight is 200 g/mol. The van der Waals surface area contributed by atoms with Crippen LogP contribution in [0.3, 0.4) is 0 Å². The molecule has 0 aromatic rings. The third kappa shape index (κ3) is 1.57. The van der Waals surface area contributed by atoms with Crippen LogP contribution >= 0.6 is 0 Å². The lowest BCUT2D eigenvalue weighted by Crippen LogP contribution is -2.54. The van der Waals surface area contributed by atoms with Gasteiger partial charge < -0.3 is 15.1 Å². The van der Waals surface area contributed by atoms with Gasteiger partial charge in [-0.15, -0.1) is 0 Å². The molecule has 2 rings (SSSR count). The summed E-state index contributed by atoms with van der Waals surface area (Å²) in [5, 5.41) is 17.9. The molecule has 2 N–H and O–H groups in total. The second kappa shape index (κ2) is 3.74. The second-order valence-corrected chi connectivity index (χ2v) is 4.03. The quantitative estimate of drug-likeness (QED) is 0.615. The minimum Gasteiger partial charge on any atom is -0.465 e. The van der Waals surface area contributed by atoms with Crippen molar-refractivity contribution in [1.82, 2.24) is 9.80 Å². The summed E-state index contributed by atoms with van der Waals surface area (Å²) in [5.41, 5.74) is 0. The molecule has 2 aliphatic heterocycles. The van der Waals surface area contributed by atoms with Gasteiger partial charge in [0.15, 0.2) is 0 Å². The van der Waals surface area contributed by atoms with E-state index in [0.717, 1.165) is 19.4 Å². The Morgan fingerprint density at radius 1 is 1.36 bits per heavy atom. The maximum atomic E-state index is 10.8. The fourth-order valence-corrected chi connectivity index (χ4v) is 2.53.